The van der Waals surface area contributed by atoms with E-state index in [4.69, 9.17) is 19.1 Å². The lowest BCUT2D eigenvalue weighted by atomic mass is 10.1. The third-order valence-corrected chi connectivity index (χ3v) is 2.14. The molecule has 1 heterocycles. The van der Waals surface area contributed by atoms with E-state index >= 15 is 0 Å². The molecule has 0 saturated heterocycles. The molecular formula is C11H18N2O5. The van der Waals surface area contributed by atoms with E-state index in [-0.39, 0.29) is 24.5 Å². The Labute approximate surface area is 105 Å². The Kier molecular flexibility index (Phi) is 5.73. The van der Waals surface area contributed by atoms with Crippen LogP contribution in [0.5, 0.6) is 0 Å². The monoisotopic (exact) mass is 258 g/mol. The molecule has 0 aliphatic carbocycles. The Morgan fingerprint density at radius 2 is 2.22 bits per heavy atom. The SMILES string of the molecule is CCOC(c1noc(COCC(=O)O)n1)C(C)C. The zero-order valence-electron chi connectivity index (χ0n) is 10.8. The van der Waals surface area contributed by atoms with Gasteiger partial charge in [0.15, 0.2) is 0 Å². The number of aromatic nitrogens is 2. The Hall–Kier alpha value is -1.47. The van der Waals surface area contributed by atoms with Crippen molar-refractivity contribution in [3.8, 4) is 0 Å². The lowest BCUT2D eigenvalue weighted by Crippen LogP contribution is -2.13. The lowest BCUT2D eigenvalue weighted by molar-refractivity contribution is -0.142. The van der Waals surface area contributed by atoms with Gasteiger partial charge in [-0.1, -0.05) is 19.0 Å². The van der Waals surface area contributed by atoms with Crippen LogP contribution in [0.1, 0.15) is 38.6 Å². The minimum Gasteiger partial charge on any atom is -0.480 e. The summed E-state index contributed by atoms with van der Waals surface area (Å²) in [5.74, 6) is -0.114. The summed E-state index contributed by atoms with van der Waals surface area (Å²) in [7, 11) is 0. The van der Waals surface area contributed by atoms with Gasteiger partial charge >= 0.3 is 5.97 Å². The van der Waals surface area contributed by atoms with Crippen LogP contribution in [-0.2, 0) is 20.9 Å². The van der Waals surface area contributed by atoms with Crippen molar-refractivity contribution >= 4 is 5.97 Å². The number of carbonyl (C=O) groups is 1. The van der Waals surface area contributed by atoms with Crippen LogP contribution < -0.4 is 0 Å². The summed E-state index contributed by atoms with van der Waals surface area (Å²) in [6, 6.07) is 0. The molecule has 1 rings (SSSR count). The maximum atomic E-state index is 10.3. The van der Waals surface area contributed by atoms with Crippen molar-refractivity contribution in [2.24, 2.45) is 5.92 Å². The van der Waals surface area contributed by atoms with Gasteiger partial charge in [0, 0.05) is 6.61 Å². The number of rotatable bonds is 8. The predicted molar refractivity (Wildman–Crippen MR) is 60.8 cm³/mol. The van der Waals surface area contributed by atoms with Crippen LogP contribution in [0, 0.1) is 5.92 Å². The lowest BCUT2D eigenvalue weighted by Gasteiger charge is -2.16. The van der Waals surface area contributed by atoms with Gasteiger partial charge in [-0.3, -0.25) is 0 Å². The molecule has 0 amide bonds. The first-order valence-corrected chi connectivity index (χ1v) is 5.78. The van der Waals surface area contributed by atoms with Gasteiger partial charge < -0.3 is 19.1 Å². The molecule has 0 radical (unpaired) electrons. The fraction of sp³-hybridized carbons (Fsp3) is 0.727. The van der Waals surface area contributed by atoms with Crippen LogP contribution in [0.2, 0.25) is 0 Å². The summed E-state index contributed by atoms with van der Waals surface area (Å²) in [6.07, 6.45) is -0.230. The molecule has 1 aromatic heterocycles. The highest BCUT2D eigenvalue weighted by Crippen LogP contribution is 2.23. The first-order chi connectivity index (χ1) is 8.54. The molecule has 0 aliphatic heterocycles. The Bertz CT molecular complexity index is 377. The normalized spacial score (nSPS) is 12.9. The molecule has 1 N–H and O–H groups in total. The minimum absolute atomic E-state index is 0.0176. The van der Waals surface area contributed by atoms with Gasteiger partial charge in [-0.05, 0) is 12.8 Å². The van der Waals surface area contributed by atoms with Gasteiger partial charge in [0.2, 0.25) is 5.82 Å². The largest absolute Gasteiger partial charge is 0.480 e. The minimum atomic E-state index is -1.04. The number of nitrogens with zero attached hydrogens (tertiary/aromatic N) is 2. The highest BCUT2D eigenvalue weighted by Gasteiger charge is 2.22. The molecule has 1 aromatic rings. The molecule has 0 fully saturated rings. The van der Waals surface area contributed by atoms with Crippen LogP contribution in [0.4, 0.5) is 0 Å². The summed E-state index contributed by atoms with van der Waals surface area (Å²) < 4.78 is 15.3. The van der Waals surface area contributed by atoms with E-state index in [9.17, 15) is 4.79 Å². The maximum absolute atomic E-state index is 10.3. The summed E-state index contributed by atoms with van der Waals surface area (Å²) in [5.41, 5.74) is 0. The van der Waals surface area contributed by atoms with Gasteiger partial charge in [-0.15, -0.1) is 0 Å². The molecule has 7 heteroatoms. The summed E-state index contributed by atoms with van der Waals surface area (Å²) in [6.45, 7) is 6.04. The van der Waals surface area contributed by atoms with E-state index in [1.165, 1.54) is 0 Å². The van der Waals surface area contributed by atoms with E-state index in [0.29, 0.717) is 12.4 Å². The fourth-order valence-electron chi connectivity index (χ4n) is 1.41. The number of carboxylic acid groups (broad SMARTS) is 1. The van der Waals surface area contributed by atoms with Crippen molar-refractivity contribution in [2.75, 3.05) is 13.2 Å². The highest BCUT2D eigenvalue weighted by atomic mass is 16.5. The number of hydrogen-bond donors (Lipinski definition) is 1. The van der Waals surface area contributed by atoms with Crippen molar-refractivity contribution in [1.82, 2.24) is 10.1 Å². The number of carboxylic acids is 1. The van der Waals surface area contributed by atoms with E-state index in [2.05, 4.69) is 10.1 Å². The average Bonchev–Trinajstić information content (AvgIpc) is 2.73. The second-order valence-electron chi connectivity index (χ2n) is 4.05. The predicted octanol–water partition coefficient (Wildman–Crippen LogP) is 1.40. The zero-order valence-corrected chi connectivity index (χ0v) is 10.8. The van der Waals surface area contributed by atoms with Crippen molar-refractivity contribution in [3.63, 3.8) is 0 Å². The molecule has 1 unspecified atom stereocenters. The summed E-state index contributed by atoms with van der Waals surface area (Å²) in [4.78, 5) is 14.4. The molecule has 0 aliphatic rings. The number of hydrogen-bond acceptors (Lipinski definition) is 6. The zero-order chi connectivity index (χ0) is 13.5. The van der Waals surface area contributed by atoms with Gasteiger partial charge in [-0.25, -0.2) is 4.79 Å². The average molecular weight is 258 g/mol. The van der Waals surface area contributed by atoms with Crippen molar-refractivity contribution in [1.29, 1.82) is 0 Å². The second-order valence-corrected chi connectivity index (χ2v) is 4.05. The van der Waals surface area contributed by atoms with Gasteiger partial charge in [0.05, 0.1) is 0 Å². The number of aliphatic carboxylic acids is 1. The van der Waals surface area contributed by atoms with E-state index in [0.717, 1.165) is 0 Å². The van der Waals surface area contributed by atoms with Gasteiger partial charge in [-0.2, -0.15) is 4.98 Å². The maximum Gasteiger partial charge on any atom is 0.329 e. The molecule has 1 atom stereocenters. The van der Waals surface area contributed by atoms with Crippen LogP contribution >= 0.6 is 0 Å². The summed E-state index contributed by atoms with van der Waals surface area (Å²) in [5, 5.41) is 12.2. The van der Waals surface area contributed by atoms with Crippen LogP contribution in [-0.4, -0.2) is 34.4 Å². The smallest absolute Gasteiger partial charge is 0.329 e. The molecule has 102 valence electrons. The quantitative estimate of drug-likeness (QED) is 0.753. The van der Waals surface area contributed by atoms with E-state index < -0.39 is 12.6 Å². The Morgan fingerprint density at radius 1 is 1.50 bits per heavy atom. The molecule has 0 aromatic carbocycles. The Morgan fingerprint density at radius 3 is 2.78 bits per heavy atom. The summed E-state index contributed by atoms with van der Waals surface area (Å²) >= 11 is 0. The molecule has 0 bridgehead atoms. The molecule has 0 spiro atoms. The number of ether oxygens (including phenoxy) is 2. The molecule has 18 heavy (non-hydrogen) atoms. The standard InChI is InChI=1S/C11H18N2O5/c1-4-17-10(7(2)3)11-12-8(18-13-11)5-16-6-9(14)15/h7,10H,4-6H2,1-3H3,(H,14,15). The topological polar surface area (TPSA) is 94.7 Å². The van der Waals surface area contributed by atoms with Gasteiger partial charge in [0.1, 0.15) is 19.3 Å². The third-order valence-electron chi connectivity index (χ3n) is 2.14. The van der Waals surface area contributed by atoms with Gasteiger partial charge in [0.25, 0.3) is 5.89 Å². The first kappa shape index (κ1) is 14.6. The third kappa shape index (κ3) is 4.42. The fourth-order valence-corrected chi connectivity index (χ4v) is 1.41. The van der Waals surface area contributed by atoms with Crippen LogP contribution in [0.3, 0.4) is 0 Å². The van der Waals surface area contributed by atoms with Crippen molar-refractivity contribution < 1.29 is 23.9 Å². The van der Waals surface area contributed by atoms with Crippen LogP contribution in [0.25, 0.3) is 0 Å². The first-order valence-electron chi connectivity index (χ1n) is 5.78. The van der Waals surface area contributed by atoms with E-state index in [1.54, 1.807) is 0 Å². The second kappa shape index (κ2) is 7.07. The van der Waals surface area contributed by atoms with Crippen LogP contribution in [0.15, 0.2) is 4.52 Å². The van der Waals surface area contributed by atoms with Crippen molar-refractivity contribution in [2.45, 2.75) is 33.5 Å². The van der Waals surface area contributed by atoms with Crippen molar-refractivity contribution in [3.05, 3.63) is 11.7 Å². The molecule has 7 nitrogen and oxygen atoms in total. The van der Waals surface area contributed by atoms with E-state index in [1.807, 2.05) is 20.8 Å². The molecular weight excluding hydrogens is 240 g/mol. The Balaban J connectivity index is 2.57. The molecule has 0 saturated carbocycles. The highest BCUT2D eigenvalue weighted by molar-refractivity contribution is 5.67.